The molecule has 0 spiro atoms. The standard InChI is InChI=1S/C22H25BrFNO3S/c1-4-8-19(22(27)28-13-14(2)3)29-20-12-18(17(24)11-16(20)23)25-21(26)15-9-6-5-7-10-15/h5-7,9-12,14,19H,4,8,13H2,1-3H3,(H,25,26). The van der Waals surface area contributed by atoms with Gasteiger partial charge >= 0.3 is 5.97 Å². The number of anilines is 1. The minimum absolute atomic E-state index is 0.0651. The lowest BCUT2D eigenvalue weighted by Gasteiger charge is -2.18. The first-order valence-electron chi connectivity index (χ1n) is 9.50. The number of hydrogen-bond donors (Lipinski definition) is 1. The minimum Gasteiger partial charge on any atom is -0.465 e. The molecule has 0 aliphatic heterocycles. The minimum atomic E-state index is -0.556. The van der Waals surface area contributed by atoms with Crippen LogP contribution in [-0.2, 0) is 9.53 Å². The Labute approximate surface area is 183 Å². The van der Waals surface area contributed by atoms with Crippen molar-refractivity contribution in [1.82, 2.24) is 0 Å². The Morgan fingerprint density at radius 1 is 1.21 bits per heavy atom. The fourth-order valence-electron chi connectivity index (χ4n) is 2.48. The van der Waals surface area contributed by atoms with Gasteiger partial charge in [-0.1, -0.05) is 45.4 Å². The molecule has 7 heteroatoms. The van der Waals surface area contributed by atoms with Gasteiger partial charge in [0.2, 0.25) is 0 Å². The molecule has 1 unspecified atom stereocenters. The second-order valence-corrected chi connectivity index (χ2v) is 9.10. The number of thioether (sulfide) groups is 1. The summed E-state index contributed by atoms with van der Waals surface area (Å²) < 4.78 is 20.3. The zero-order valence-corrected chi connectivity index (χ0v) is 19.1. The zero-order valence-electron chi connectivity index (χ0n) is 16.7. The first-order chi connectivity index (χ1) is 13.8. The van der Waals surface area contributed by atoms with Crippen LogP contribution in [0.1, 0.15) is 44.0 Å². The summed E-state index contributed by atoms with van der Waals surface area (Å²) in [6, 6.07) is 11.4. The molecule has 0 radical (unpaired) electrons. The van der Waals surface area contributed by atoms with Crippen molar-refractivity contribution in [2.45, 2.75) is 43.8 Å². The van der Waals surface area contributed by atoms with Crippen LogP contribution in [0, 0.1) is 11.7 Å². The quantitative estimate of drug-likeness (QED) is 0.337. The molecule has 156 valence electrons. The van der Waals surface area contributed by atoms with E-state index >= 15 is 0 Å². The number of benzene rings is 2. The Bertz CT molecular complexity index is 845. The molecule has 0 saturated heterocycles. The van der Waals surface area contributed by atoms with Gasteiger partial charge in [0.25, 0.3) is 5.91 Å². The van der Waals surface area contributed by atoms with E-state index in [1.54, 1.807) is 36.4 Å². The van der Waals surface area contributed by atoms with Gasteiger partial charge in [-0.2, -0.15) is 0 Å². The molecule has 2 aromatic rings. The Morgan fingerprint density at radius 3 is 2.52 bits per heavy atom. The fourth-order valence-corrected chi connectivity index (χ4v) is 4.26. The van der Waals surface area contributed by atoms with Gasteiger partial charge in [-0.15, -0.1) is 11.8 Å². The summed E-state index contributed by atoms with van der Waals surface area (Å²) in [4.78, 5) is 25.5. The first-order valence-corrected chi connectivity index (χ1v) is 11.2. The predicted octanol–water partition coefficient (Wildman–Crippen LogP) is 6.30. The van der Waals surface area contributed by atoms with Crippen molar-refractivity contribution in [2.75, 3.05) is 11.9 Å². The number of halogens is 2. The molecule has 4 nitrogen and oxygen atoms in total. The molecule has 29 heavy (non-hydrogen) atoms. The summed E-state index contributed by atoms with van der Waals surface area (Å²) in [7, 11) is 0. The summed E-state index contributed by atoms with van der Waals surface area (Å²) >= 11 is 4.66. The molecule has 1 N–H and O–H groups in total. The lowest BCUT2D eigenvalue weighted by molar-refractivity contribution is -0.144. The third-order valence-corrected chi connectivity index (χ3v) is 6.17. The Hall–Kier alpha value is -1.86. The van der Waals surface area contributed by atoms with Crippen molar-refractivity contribution in [3.05, 3.63) is 58.3 Å². The highest BCUT2D eigenvalue weighted by Crippen LogP contribution is 2.36. The summed E-state index contributed by atoms with van der Waals surface area (Å²) in [5, 5.41) is 2.20. The lowest BCUT2D eigenvalue weighted by atomic mass is 10.2. The van der Waals surface area contributed by atoms with Gasteiger partial charge < -0.3 is 10.1 Å². The average molecular weight is 482 g/mol. The maximum Gasteiger partial charge on any atom is 0.319 e. The molecule has 0 bridgehead atoms. The van der Waals surface area contributed by atoms with E-state index in [2.05, 4.69) is 21.2 Å². The smallest absolute Gasteiger partial charge is 0.319 e. The van der Waals surface area contributed by atoms with E-state index in [-0.39, 0.29) is 17.6 Å². The molecule has 0 aliphatic carbocycles. The number of amides is 1. The molecular formula is C22H25BrFNO3S. The number of rotatable bonds is 9. The van der Waals surface area contributed by atoms with Crippen molar-refractivity contribution in [3.8, 4) is 0 Å². The van der Waals surface area contributed by atoms with Crippen molar-refractivity contribution in [1.29, 1.82) is 0 Å². The Balaban J connectivity index is 2.20. The van der Waals surface area contributed by atoms with Crippen LogP contribution in [0.25, 0.3) is 0 Å². The molecule has 0 heterocycles. The second-order valence-electron chi connectivity index (χ2n) is 7.00. The van der Waals surface area contributed by atoms with Crippen LogP contribution >= 0.6 is 27.7 Å². The highest BCUT2D eigenvalue weighted by atomic mass is 79.9. The van der Waals surface area contributed by atoms with Gasteiger partial charge in [-0.05, 0) is 52.5 Å². The van der Waals surface area contributed by atoms with Gasteiger partial charge in [0.1, 0.15) is 11.1 Å². The fraction of sp³-hybridized carbons (Fsp3) is 0.364. The van der Waals surface area contributed by atoms with Crippen LogP contribution in [0.5, 0.6) is 0 Å². The third kappa shape index (κ3) is 7.16. The maximum absolute atomic E-state index is 14.4. The normalized spacial score (nSPS) is 11.9. The summed E-state index contributed by atoms with van der Waals surface area (Å²) in [5.74, 6) is -0.982. The number of carbonyl (C=O) groups is 2. The molecule has 0 aromatic heterocycles. The number of ether oxygens (including phenoxy) is 1. The van der Waals surface area contributed by atoms with E-state index in [4.69, 9.17) is 4.74 Å². The predicted molar refractivity (Wildman–Crippen MR) is 119 cm³/mol. The highest BCUT2D eigenvalue weighted by molar-refractivity contribution is 9.10. The van der Waals surface area contributed by atoms with Gasteiger partial charge in [-0.3, -0.25) is 9.59 Å². The molecule has 0 saturated carbocycles. The molecule has 1 atom stereocenters. The van der Waals surface area contributed by atoms with E-state index in [1.807, 2.05) is 20.8 Å². The van der Waals surface area contributed by atoms with Gasteiger partial charge in [0, 0.05) is 14.9 Å². The van der Waals surface area contributed by atoms with Crippen molar-refractivity contribution >= 4 is 45.3 Å². The Kier molecular flexibility index (Phi) is 9.17. The number of nitrogens with one attached hydrogen (secondary N) is 1. The molecular weight excluding hydrogens is 457 g/mol. The van der Waals surface area contributed by atoms with Crippen LogP contribution in [0.15, 0.2) is 51.8 Å². The molecule has 2 rings (SSSR count). The van der Waals surface area contributed by atoms with E-state index < -0.39 is 17.0 Å². The van der Waals surface area contributed by atoms with Crippen LogP contribution in [0.4, 0.5) is 10.1 Å². The van der Waals surface area contributed by atoms with E-state index in [0.29, 0.717) is 28.0 Å². The average Bonchev–Trinajstić information content (AvgIpc) is 2.69. The van der Waals surface area contributed by atoms with Gasteiger partial charge in [0.05, 0.1) is 12.3 Å². The molecule has 0 fully saturated rings. The van der Waals surface area contributed by atoms with Crippen LogP contribution < -0.4 is 5.32 Å². The van der Waals surface area contributed by atoms with E-state index in [9.17, 15) is 14.0 Å². The second kappa shape index (κ2) is 11.4. The zero-order chi connectivity index (χ0) is 21.4. The van der Waals surface area contributed by atoms with E-state index in [0.717, 1.165) is 6.42 Å². The number of hydrogen-bond acceptors (Lipinski definition) is 4. The maximum atomic E-state index is 14.4. The van der Waals surface area contributed by atoms with Gasteiger partial charge in [0.15, 0.2) is 0 Å². The van der Waals surface area contributed by atoms with Crippen molar-refractivity contribution in [3.63, 3.8) is 0 Å². The molecule has 2 aromatic carbocycles. The lowest BCUT2D eigenvalue weighted by Crippen LogP contribution is -2.22. The van der Waals surface area contributed by atoms with Gasteiger partial charge in [-0.25, -0.2) is 4.39 Å². The monoisotopic (exact) mass is 481 g/mol. The SMILES string of the molecule is CCCC(Sc1cc(NC(=O)c2ccccc2)c(F)cc1Br)C(=O)OCC(C)C. The first kappa shape index (κ1) is 23.4. The number of carbonyl (C=O) groups excluding carboxylic acids is 2. The van der Waals surface area contributed by atoms with Crippen LogP contribution in [-0.4, -0.2) is 23.7 Å². The van der Waals surface area contributed by atoms with Crippen LogP contribution in [0.3, 0.4) is 0 Å². The Morgan fingerprint density at radius 2 is 1.90 bits per heavy atom. The topological polar surface area (TPSA) is 55.4 Å². The summed E-state index contributed by atoms with van der Waals surface area (Å²) in [6.45, 7) is 6.32. The van der Waals surface area contributed by atoms with Crippen molar-refractivity contribution in [2.24, 2.45) is 5.92 Å². The summed E-state index contributed by atoms with van der Waals surface area (Å²) in [6.07, 6.45) is 1.45. The number of esters is 1. The summed E-state index contributed by atoms with van der Waals surface area (Å²) in [5.41, 5.74) is 0.500. The largest absolute Gasteiger partial charge is 0.465 e. The third-order valence-electron chi connectivity index (χ3n) is 3.95. The van der Waals surface area contributed by atoms with Crippen molar-refractivity contribution < 1.29 is 18.7 Å². The highest BCUT2D eigenvalue weighted by Gasteiger charge is 2.23. The molecule has 1 amide bonds. The van der Waals surface area contributed by atoms with E-state index in [1.165, 1.54) is 17.8 Å². The van der Waals surface area contributed by atoms with Crippen LogP contribution in [0.2, 0.25) is 0 Å². The molecule has 0 aliphatic rings.